The van der Waals surface area contributed by atoms with Crippen molar-refractivity contribution in [1.29, 1.82) is 0 Å². The van der Waals surface area contributed by atoms with Crippen molar-refractivity contribution in [2.45, 2.75) is 193 Å². The van der Waals surface area contributed by atoms with E-state index in [1.54, 1.807) is 6.08 Å². The number of amides is 1. The summed E-state index contributed by atoms with van der Waals surface area (Å²) in [4.78, 5) is 12.4. The Morgan fingerprint density at radius 3 is 1.35 bits per heavy atom. The fourth-order valence-corrected chi connectivity index (χ4v) is 5.76. The quantitative estimate of drug-likeness (QED) is 0.0442. The molecule has 1 amide bonds. The zero-order chi connectivity index (χ0) is 37.8. The Bertz CT molecular complexity index is 999. The summed E-state index contributed by atoms with van der Waals surface area (Å²) in [7, 11) is 0. The summed E-state index contributed by atoms with van der Waals surface area (Å²) >= 11 is 0. The van der Waals surface area contributed by atoms with E-state index < -0.39 is 12.1 Å². The van der Waals surface area contributed by atoms with Crippen molar-refractivity contribution in [2.75, 3.05) is 6.61 Å². The van der Waals surface area contributed by atoms with Crippen LogP contribution < -0.4 is 5.32 Å². The lowest BCUT2D eigenvalue weighted by atomic mass is 10.1. The standard InChI is InChI=1S/C48H81NO3/c1-3-5-7-9-11-13-15-17-19-21-23-24-26-28-30-32-34-36-38-40-42-44-48(52)49-46(45-50)47(51)43-41-39-37-35-33-31-29-27-25-22-20-18-16-14-12-10-8-6-4-2/h5,7,11,13,17,19,23-25,27-28,30,33,35,41,43,46-47,50-51H,3-4,6,8-10,12,14-16,18,20-22,26,29,31-32,34,36-40,42,44-45H2,1-2H3,(H,49,52)/b7-5-,13-11-,19-17-,24-23-,27-25+,30-28-,35-33+,43-41+. The maximum atomic E-state index is 12.4. The summed E-state index contributed by atoms with van der Waals surface area (Å²) < 4.78 is 0. The van der Waals surface area contributed by atoms with Gasteiger partial charge in [0.25, 0.3) is 0 Å². The highest BCUT2D eigenvalue weighted by atomic mass is 16.3. The first kappa shape index (κ1) is 49.3. The molecular weight excluding hydrogens is 639 g/mol. The topological polar surface area (TPSA) is 69.6 Å². The first-order valence-corrected chi connectivity index (χ1v) is 21.5. The fourth-order valence-electron chi connectivity index (χ4n) is 5.76. The summed E-state index contributed by atoms with van der Waals surface area (Å²) in [5.74, 6) is -0.101. The normalized spacial score (nSPS) is 14.0. The van der Waals surface area contributed by atoms with E-state index in [4.69, 9.17) is 0 Å². The van der Waals surface area contributed by atoms with Gasteiger partial charge in [-0.05, 0) is 89.9 Å². The van der Waals surface area contributed by atoms with E-state index in [0.29, 0.717) is 6.42 Å². The molecular formula is C48H81NO3. The summed E-state index contributed by atoms with van der Waals surface area (Å²) in [5.41, 5.74) is 0. The molecule has 0 saturated heterocycles. The lowest BCUT2D eigenvalue weighted by Crippen LogP contribution is -2.45. The van der Waals surface area contributed by atoms with E-state index in [9.17, 15) is 15.0 Å². The molecule has 0 aromatic heterocycles. The van der Waals surface area contributed by atoms with Crippen molar-refractivity contribution in [3.63, 3.8) is 0 Å². The third-order valence-electron chi connectivity index (χ3n) is 9.03. The van der Waals surface area contributed by atoms with Gasteiger partial charge >= 0.3 is 0 Å². The summed E-state index contributed by atoms with van der Waals surface area (Å²) in [5, 5.41) is 23.0. The minimum Gasteiger partial charge on any atom is -0.394 e. The molecule has 0 saturated carbocycles. The van der Waals surface area contributed by atoms with Gasteiger partial charge in [-0.3, -0.25) is 4.79 Å². The van der Waals surface area contributed by atoms with Crippen LogP contribution in [-0.2, 0) is 4.79 Å². The second-order valence-corrected chi connectivity index (χ2v) is 14.0. The molecule has 0 spiro atoms. The third kappa shape index (κ3) is 38.5. The minimum atomic E-state index is -0.884. The van der Waals surface area contributed by atoms with E-state index in [2.05, 4.69) is 104 Å². The van der Waals surface area contributed by atoms with Crippen molar-refractivity contribution < 1.29 is 15.0 Å². The molecule has 4 nitrogen and oxygen atoms in total. The molecule has 4 heteroatoms. The zero-order valence-electron chi connectivity index (χ0n) is 33.8. The van der Waals surface area contributed by atoms with E-state index in [1.807, 2.05) is 6.08 Å². The first-order chi connectivity index (χ1) is 25.7. The predicted octanol–water partition coefficient (Wildman–Crippen LogP) is 13.5. The second kappa shape index (κ2) is 42.7. The number of hydrogen-bond acceptors (Lipinski definition) is 3. The largest absolute Gasteiger partial charge is 0.394 e. The molecule has 0 aliphatic heterocycles. The lowest BCUT2D eigenvalue weighted by Gasteiger charge is -2.19. The number of allylic oxidation sites excluding steroid dienone is 15. The third-order valence-corrected chi connectivity index (χ3v) is 9.03. The number of carbonyl (C=O) groups is 1. The SMILES string of the molecule is CC/C=C\C/C=C\C/C=C\C/C=C\C/C=C\CCCCCCCC(=O)NC(CO)C(O)/C=C/CC/C=C/CC/C=C/CCCCCCCCCCC. The van der Waals surface area contributed by atoms with E-state index in [-0.39, 0.29) is 12.5 Å². The average molecular weight is 720 g/mol. The Morgan fingerprint density at radius 2 is 0.865 bits per heavy atom. The van der Waals surface area contributed by atoms with Gasteiger partial charge in [-0.15, -0.1) is 0 Å². The van der Waals surface area contributed by atoms with Crippen LogP contribution in [0.1, 0.15) is 181 Å². The van der Waals surface area contributed by atoms with Gasteiger partial charge in [0.1, 0.15) is 0 Å². The van der Waals surface area contributed by atoms with Crippen LogP contribution in [0.2, 0.25) is 0 Å². The van der Waals surface area contributed by atoms with Gasteiger partial charge in [0.15, 0.2) is 0 Å². The van der Waals surface area contributed by atoms with Crippen LogP contribution in [0.15, 0.2) is 97.2 Å². The number of unbranched alkanes of at least 4 members (excludes halogenated alkanes) is 16. The number of aliphatic hydroxyl groups is 2. The van der Waals surface area contributed by atoms with E-state index in [1.165, 1.54) is 77.0 Å². The minimum absolute atomic E-state index is 0.101. The molecule has 296 valence electrons. The summed E-state index contributed by atoms with van der Waals surface area (Å²) in [6.07, 6.45) is 63.6. The zero-order valence-corrected chi connectivity index (χ0v) is 33.8. The molecule has 0 aromatic rings. The van der Waals surface area contributed by atoms with Gasteiger partial charge in [0.2, 0.25) is 5.91 Å². The second-order valence-electron chi connectivity index (χ2n) is 14.0. The average Bonchev–Trinajstić information content (AvgIpc) is 3.15. The smallest absolute Gasteiger partial charge is 0.220 e. The maximum Gasteiger partial charge on any atom is 0.220 e. The Labute approximate surface area is 322 Å². The summed E-state index contributed by atoms with van der Waals surface area (Å²) in [6, 6.07) is -0.662. The summed E-state index contributed by atoms with van der Waals surface area (Å²) in [6.45, 7) is 4.15. The highest BCUT2D eigenvalue weighted by Crippen LogP contribution is 2.12. The maximum absolute atomic E-state index is 12.4. The Kier molecular flexibility index (Phi) is 40.5. The molecule has 0 aromatic carbocycles. The first-order valence-electron chi connectivity index (χ1n) is 21.5. The van der Waals surface area contributed by atoms with Crippen LogP contribution in [0, 0.1) is 0 Å². The van der Waals surface area contributed by atoms with Gasteiger partial charge in [-0.2, -0.15) is 0 Å². The number of carbonyl (C=O) groups excluding carboxylic acids is 1. The Hall–Kier alpha value is -2.69. The molecule has 0 fully saturated rings. The molecule has 52 heavy (non-hydrogen) atoms. The van der Waals surface area contributed by atoms with Gasteiger partial charge in [0.05, 0.1) is 18.8 Å². The van der Waals surface area contributed by atoms with E-state index in [0.717, 1.165) is 83.5 Å². The van der Waals surface area contributed by atoms with E-state index >= 15 is 0 Å². The van der Waals surface area contributed by atoms with Crippen LogP contribution in [0.5, 0.6) is 0 Å². The fraction of sp³-hybridized carbons (Fsp3) is 0.646. The van der Waals surface area contributed by atoms with Gasteiger partial charge < -0.3 is 15.5 Å². The van der Waals surface area contributed by atoms with Crippen molar-refractivity contribution in [1.82, 2.24) is 5.32 Å². The molecule has 0 heterocycles. The van der Waals surface area contributed by atoms with Crippen LogP contribution in [0.3, 0.4) is 0 Å². The predicted molar refractivity (Wildman–Crippen MR) is 230 cm³/mol. The number of aliphatic hydroxyl groups excluding tert-OH is 2. The molecule has 0 aliphatic carbocycles. The van der Waals surface area contributed by atoms with Gasteiger partial charge in [-0.1, -0.05) is 182 Å². The van der Waals surface area contributed by atoms with Crippen molar-refractivity contribution >= 4 is 5.91 Å². The lowest BCUT2D eigenvalue weighted by molar-refractivity contribution is -0.123. The van der Waals surface area contributed by atoms with Crippen molar-refractivity contribution in [3.8, 4) is 0 Å². The Morgan fingerprint density at radius 1 is 0.481 bits per heavy atom. The number of hydrogen-bond donors (Lipinski definition) is 3. The molecule has 2 atom stereocenters. The van der Waals surface area contributed by atoms with Crippen LogP contribution in [0.25, 0.3) is 0 Å². The van der Waals surface area contributed by atoms with Crippen molar-refractivity contribution in [2.24, 2.45) is 0 Å². The van der Waals surface area contributed by atoms with Crippen LogP contribution in [-0.4, -0.2) is 34.9 Å². The molecule has 2 unspecified atom stereocenters. The van der Waals surface area contributed by atoms with Gasteiger partial charge in [0, 0.05) is 6.42 Å². The molecule has 3 N–H and O–H groups in total. The molecule has 0 bridgehead atoms. The number of rotatable bonds is 37. The van der Waals surface area contributed by atoms with Crippen molar-refractivity contribution in [3.05, 3.63) is 97.2 Å². The van der Waals surface area contributed by atoms with Crippen LogP contribution in [0.4, 0.5) is 0 Å². The van der Waals surface area contributed by atoms with Crippen LogP contribution >= 0.6 is 0 Å². The molecule has 0 rings (SSSR count). The van der Waals surface area contributed by atoms with Gasteiger partial charge in [-0.25, -0.2) is 0 Å². The molecule has 0 aliphatic rings. The highest BCUT2D eigenvalue weighted by Gasteiger charge is 2.17. The Balaban J connectivity index is 3.75. The monoisotopic (exact) mass is 720 g/mol. The highest BCUT2D eigenvalue weighted by molar-refractivity contribution is 5.76. The molecule has 0 radical (unpaired) electrons. The number of nitrogens with one attached hydrogen (secondary N) is 1.